The fraction of sp³-hybridized carbons (Fsp3) is 0.312. The van der Waals surface area contributed by atoms with Gasteiger partial charge in [0.05, 0.1) is 13.7 Å². The van der Waals surface area contributed by atoms with Gasteiger partial charge in [0.25, 0.3) is 5.82 Å². The summed E-state index contributed by atoms with van der Waals surface area (Å²) >= 11 is 5.83. The van der Waals surface area contributed by atoms with Crippen molar-refractivity contribution in [2.24, 2.45) is 0 Å². The van der Waals surface area contributed by atoms with Gasteiger partial charge in [-0.3, -0.25) is 9.67 Å². The van der Waals surface area contributed by atoms with Crippen molar-refractivity contribution in [1.29, 1.82) is 0 Å². The molecular weight excluding hydrogens is 433 g/mol. The molecule has 14 heteroatoms. The Labute approximate surface area is 170 Å². The van der Waals surface area contributed by atoms with Gasteiger partial charge in [0.1, 0.15) is 12.4 Å². The molecule has 10 nitrogen and oxygen atoms in total. The van der Waals surface area contributed by atoms with Gasteiger partial charge in [-0.2, -0.15) is 13.2 Å². The number of carbonyl (C=O) groups excluding carboxylic acids is 1. The number of aromatic nitrogens is 6. The highest BCUT2D eigenvalue weighted by Crippen LogP contribution is 2.24. The van der Waals surface area contributed by atoms with E-state index in [4.69, 9.17) is 11.6 Å². The zero-order valence-corrected chi connectivity index (χ0v) is 16.0. The van der Waals surface area contributed by atoms with Gasteiger partial charge in [-0.25, -0.2) is 19.3 Å². The molecule has 1 atom stereocenters. The molecule has 0 saturated carbocycles. The van der Waals surface area contributed by atoms with Crippen molar-refractivity contribution in [2.75, 3.05) is 7.11 Å². The molecule has 0 aliphatic heterocycles. The number of benzene rings is 1. The van der Waals surface area contributed by atoms with Crippen LogP contribution in [0.1, 0.15) is 16.4 Å². The quantitative estimate of drug-likeness (QED) is 0.545. The first-order valence-electron chi connectivity index (χ1n) is 8.28. The highest BCUT2D eigenvalue weighted by molar-refractivity contribution is 6.30. The third-order valence-electron chi connectivity index (χ3n) is 3.96. The van der Waals surface area contributed by atoms with Crippen molar-refractivity contribution in [3.05, 3.63) is 51.4 Å². The molecule has 0 spiro atoms. The first kappa shape index (κ1) is 21.5. The number of nitrogens with zero attached hydrogens (tertiary/aromatic N) is 5. The van der Waals surface area contributed by atoms with Crippen LogP contribution < -0.4 is 5.69 Å². The Morgan fingerprint density at radius 1 is 1.33 bits per heavy atom. The number of aliphatic hydroxyl groups is 1. The third-order valence-corrected chi connectivity index (χ3v) is 4.21. The predicted molar refractivity (Wildman–Crippen MR) is 95.8 cm³/mol. The van der Waals surface area contributed by atoms with Crippen molar-refractivity contribution < 1.29 is 27.8 Å². The summed E-state index contributed by atoms with van der Waals surface area (Å²) in [5, 5.41) is 19.9. The van der Waals surface area contributed by atoms with Gasteiger partial charge < -0.3 is 9.84 Å². The van der Waals surface area contributed by atoms with Crippen molar-refractivity contribution in [3.8, 4) is 11.4 Å². The molecule has 0 fully saturated rings. The Bertz CT molecular complexity index is 1110. The van der Waals surface area contributed by atoms with E-state index in [1.54, 1.807) is 0 Å². The van der Waals surface area contributed by atoms with E-state index in [0.717, 1.165) is 11.8 Å². The predicted octanol–water partition coefficient (Wildman–Crippen LogP) is 1.24. The standard InChI is InChI=1S/C16H14ClF3N6O4/c1-30-14(28)12-21-11(22-23-12)7-26-15(29)25(6-10(27)16(18,19)20)13(24-26)8-2-4-9(17)5-3-8/h2-5,10,27H,6-7H2,1H3,(H,21,22,23). The minimum Gasteiger partial charge on any atom is -0.463 e. The van der Waals surface area contributed by atoms with Crippen LogP contribution in [0.5, 0.6) is 0 Å². The second-order valence-corrected chi connectivity index (χ2v) is 6.47. The van der Waals surface area contributed by atoms with Crippen LogP contribution in [0.25, 0.3) is 11.4 Å². The van der Waals surface area contributed by atoms with Crippen LogP contribution in [0.4, 0.5) is 13.2 Å². The highest BCUT2D eigenvalue weighted by atomic mass is 35.5. The number of H-pyrrole nitrogens is 1. The van der Waals surface area contributed by atoms with E-state index in [1.807, 2.05) is 0 Å². The molecule has 0 saturated heterocycles. The monoisotopic (exact) mass is 446 g/mol. The molecule has 2 heterocycles. The molecule has 30 heavy (non-hydrogen) atoms. The Balaban J connectivity index is 2.01. The molecule has 0 bridgehead atoms. The maximum absolute atomic E-state index is 12.8. The molecule has 0 aliphatic carbocycles. The van der Waals surface area contributed by atoms with Crippen LogP contribution >= 0.6 is 11.6 Å². The largest absolute Gasteiger partial charge is 0.463 e. The van der Waals surface area contributed by atoms with Gasteiger partial charge in [-0.1, -0.05) is 11.6 Å². The average molecular weight is 447 g/mol. The molecule has 160 valence electrons. The molecule has 0 aliphatic rings. The van der Waals surface area contributed by atoms with Crippen LogP contribution in [0.2, 0.25) is 5.02 Å². The fourth-order valence-corrected chi connectivity index (χ4v) is 2.61. The summed E-state index contributed by atoms with van der Waals surface area (Å²) in [6.07, 6.45) is -7.71. The summed E-state index contributed by atoms with van der Waals surface area (Å²) in [5.74, 6) is -1.18. The summed E-state index contributed by atoms with van der Waals surface area (Å²) in [7, 11) is 1.13. The number of esters is 1. The number of halogens is 4. The smallest absolute Gasteiger partial charge is 0.416 e. The Morgan fingerprint density at radius 2 is 2.00 bits per heavy atom. The zero-order chi connectivity index (χ0) is 22.1. The maximum atomic E-state index is 12.8. The van der Waals surface area contributed by atoms with E-state index in [0.29, 0.717) is 15.2 Å². The number of carbonyl (C=O) groups is 1. The van der Waals surface area contributed by atoms with Crippen LogP contribution in [0.3, 0.4) is 0 Å². The van der Waals surface area contributed by atoms with E-state index in [9.17, 15) is 27.9 Å². The van der Waals surface area contributed by atoms with E-state index in [2.05, 4.69) is 25.0 Å². The van der Waals surface area contributed by atoms with Gasteiger partial charge >= 0.3 is 17.8 Å². The number of rotatable bonds is 6. The first-order valence-corrected chi connectivity index (χ1v) is 8.66. The van der Waals surface area contributed by atoms with E-state index in [1.165, 1.54) is 24.3 Å². The molecule has 1 unspecified atom stereocenters. The van der Waals surface area contributed by atoms with E-state index in [-0.39, 0.29) is 24.0 Å². The number of hydrogen-bond donors (Lipinski definition) is 2. The van der Waals surface area contributed by atoms with Gasteiger partial charge in [-0.05, 0) is 24.3 Å². The SMILES string of the molecule is COC(=O)c1n[nH]c(Cn2nc(-c3ccc(Cl)cc3)n(CC(O)C(F)(F)F)c2=O)n1. The number of methoxy groups -OCH3 is 1. The van der Waals surface area contributed by atoms with E-state index < -0.39 is 30.5 Å². The third kappa shape index (κ3) is 4.52. The minimum absolute atomic E-state index is 0.0428. The number of hydrogen-bond acceptors (Lipinski definition) is 7. The minimum atomic E-state index is -4.93. The number of alkyl halides is 3. The van der Waals surface area contributed by atoms with Crippen molar-refractivity contribution in [2.45, 2.75) is 25.4 Å². The molecule has 3 rings (SSSR count). The van der Waals surface area contributed by atoms with Crippen LogP contribution in [0.15, 0.2) is 29.1 Å². The van der Waals surface area contributed by atoms with Crippen LogP contribution in [-0.2, 0) is 17.8 Å². The second kappa shape index (κ2) is 8.28. The van der Waals surface area contributed by atoms with E-state index >= 15 is 0 Å². The highest BCUT2D eigenvalue weighted by Gasteiger charge is 2.39. The van der Waals surface area contributed by atoms with Gasteiger partial charge in [0.15, 0.2) is 11.9 Å². The first-order chi connectivity index (χ1) is 14.1. The molecule has 3 aromatic rings. The zero-order valence-electron chi connectivity index (χ0n) is 15.2. The normalized spacial score (nSPS) is 12.7. The summed E-state index contributed by atoms with van der Waals surface area (Å²) in [6, 6.07) is 5.89. The summed E-state index contributed by atoms with van der Waals surface area (Å²) < 4.78 is 44.5. The molecule has 2 N–H and O–H groups in total. The Morgan fingerprint density at radius 3 is 2.60 bits per heavy atom. The Hall–Kier alpha value is -3.19. The fourth-order valence-electron chi connectivity index (χ4n) is 2.49. The maximum Gasteiger partial charge on any atom is 0.416 e. The lowest BCUT2D eigenvalue weighted by molar-refractivity contribution is -0.207. The van der Waals surface area contributed by atoms with Crippen LogP contribution in [0, 0.1) is 0 Å². The lowest BCUT2D eigenvalue weighted by atomic mass is 10.2. The Kier molecular flexibility index (Phi) is 5.94. The van der Waals surface area contributed by atoms with Gasteiger partial charge in [0.2, 0.25) is 0 Å². The number of aliphatic hydroxyl groups excluding tert-OH is 1. The lowest BCUT2D eigenvalue weighted by Gasteiger charge is -2.15. The van der Waals surface area contributed by atoms with Crippen LogP contribution in [-0.4, -0.2) is 60.0 Å². The van der Waals surface area contributed by atoms with Crippen molar-refractivity contribution in [3.63, 3.8) is 0 Å². The molecule has 2 aromatic heterocycles. The van der Waals surface area contributed by atoms with Crippen molar-refractivity contribution >= 4 is 17.6 Å². The summed E-state index contributed by atoms with van der Waals surface area (Å²) in [5.41, 5.74) is -0.628. The number of nitrogens with one attached hydrogen (secondary N) is 1. The summed E-state index contributed by atoms with van der Waals surface area (Å²) in [6.45, 7) is -1.39. The summed E-state index contributed by atoms with van der Waals surface area (Å²) in [4.78, 5) is 28.0. The van der Waals surface area contributed by atoms with Gasteiger partial charge in [-0.15, -0.1) is 10.2 Å². The number of ether oxygens (including phenoxy) is 1. The topological polar surface area (TPSA) is 128 Å². The number of aromatic amines is 1. The molecule has 0 radical (unpaired) electrons. The van der Waals surface area contributed by atoms with Gasteiger partial charge in [0, 0.05) is 10.6 Å². The molecule has 0 amide bonds. The lowest BCUT2D eigenvalue weighted by Crippen LogP contribution is -2.37. The second-order valence-electron chi connectivity index (χ2n) is 6.04. The van der Waals surface area contributed by atoms with Crippen molar-refractivity contribution in [1.82, 2.24) is 29.5 Å². The molecular formula is C16H14ClF3N6O4. The average Bonchev–Trinajstić information content (AvgIpc) is 3.28. The molecule has 1 aromatic carbocycles.